The van der Waals surface area contributed by atoms with E-state index in [1.807, 2.05) is 0 Å². The van der Waals surface area contributed by atoms with E-state index in [2.05, 4.69) is 5.32 Å². The molecule has 0 bridgehead atoms. The van der Waals surface area contributed by atoms with Gasteiger partial charge in [-0.3, -0.25) is 9.59 Å². The molecule has 98 valence electrons. The van der Waals surface area contributed by atoms with Crippen LogP contribution in [0.4, 0.5) is 0 Å². The first kappa shape index (κ1) is 15.4. The van der Waals surface area contributed by atoms with E-state index in [4.69, 9.17) is 14.9 Å². The standard InChI is InChI=1S/C10H17NO6/c1-2-17-6-5-8(12)11-7(10(15)16)3-4-9(13)14/h7H,2-6H2,1H3,(H,11,12)(H,13,14)(H,15,16)/t7-/m0/s1. The summed E-state index contributed by atoms with van der Waals surface area (Å²) in [5.41, 5.74) is 0. The maximum absolute atomic E-state index is 11.3. The Hall–Kier alpha value is -1.63. The molecule has 0 aliphatic carbocycles. The van der Waals surface area contributed by atoms with E-state index in [0.29, 0.717) is 6.61 Å². The van der Waals surface area contributed by atoms with Gasteiger partial charge < -0.3 is 20.3 Å². The second-order valence-corrected chi connectivity index (χ2v) is 3.34. The van der Waals surface area contributed by atoms with E-state index < -0.39 is 23.9 Å². The summed E-state index contributed by atoms with van der Waals surface area (Å²) < 4.78 is 4.94. The quantitative estimate of drug-likeness (QED) is 0.488. The van der Waals surface area contributed by atoms with Crippen molar-refractivity contribution in [2.24, 2.45) is 0 Å². The number of aliphatic carboxylic acids is 2. The van der Waals surface area contributed by atoms with E-state index in [-0.39, 0.29) is 25.9 Å². The zero-order chi connectivity index (χ0) is 13.3. The Morgan fingerprint density at radius 1 is 1.24 bits per heavy atom. The summed E-state index contributed by atoms with van der Waals surface area (Å²) in [4.78, 5) is 32.3. The van der Waals surface area contributed by atoms with Gasteiger partial charge >= 0.3 is 11.9 Å². The van der Waals surface area contributed by atoms with Crippen LogP contribution in [0.3, 0.4) is 0 Å². The van der Waals surface area contributed by atoms with Crippen molar-refractivity contribution in [1.29, 1.82) is 0 Å². The topological polar surface area (TPSA) is 113 Å². The average molecular weight is 247 g/mol. The number of hydrogen-bond donors (Lipinski definition) is 3. The molecule has 0 aromatic heterocycles. The Morgan fingerprint density at radius 2 is 1.88 bits per heavy atom. The lowest BCUT2D eigenvalue weighted by Gasteiger charge is -2.13. The minimum atomic E-state index is -1.24. The van der Waals surface area contributed by atoms with Crippen molar-refractivity contribution in [3.05, 3.63) is 0 Å². The summed E-state index contributed by atoms with van der Waals surface area (Å²) >= 11 is 0. The second kappa shape index (κ2) is 8.51. The first-order valence-electron chi connectivity index (χ1n) is 5.29. The second-order valence-electron chi connectivity index (χ2n) is 3.34. The first-order chi connectivity index (χ1) is 7.97. The number of rotatable bonds is 9. The van der Waals surface area contributed by atoms with Crippen LogP contribution in [0.15, 0.2) is 0 Å². The van der Waals surface area contributed by atoms with Crippen LogP contribution in [-0.2, 0) is 19.1 Å². The van der Waals surface area contributed by atoms with Crippen LogP contribution in [0.1, 0.15) is 26.2 Å². The SMILES string of the molecule is CCOCCC(=O)N[C@@H](CCC(=O)O)C(=O)O. The van der Waals surface area contributed by atoms with E-state index in [0.717, 1.165) is 0 Å². The molecule has 1 amide bonds. The molecule has 0 spiro atoms. The molecule has 0 aromatic carbocycles. The smallest absolute Gasteiger partial charge is 0.326 e. The molecule has 0 saturated carbocycles. The molecule has 0 aliphatic heterocycles. The van der Waals surface area contributed by atoms with Crippen LogP contribution in [0.5, 0.6) is 0 Å². The third kappa shape index (κ3) is 8.21. The number of carboxylic acid groups (broad SMARTS) is 2. The van der Waals surface area contributed by atoms with Crippen LogP contribution in [0.2, 0.25) is 0 Å². The van der Waals surface area contributed by atoms with Gasteiger partial charge in [0.1, 0.15) is 6.04 Å². The highest BCUT2D eigenvalue weighted by Crippen LogP contribution is 1.99. The van der Waals surface area contributed by atoms with Gasteiger partial charge in [-0.05, 0) is 13.3 Å². The van der Waals surface area contributed by atoms with Crippen molar-refractivity contribution in [3.63, 3.8) is 0 Å². The molecule has 0 radical (unpaired) electrons. The average Bonchev–Trinajstić information content (AvgIpc) is 2.23. The Morgan fingerprint density at radius 3 is 2.35 bits per heavy atom. The number of amides is 1. The van der Waals surface area contributed by atoms with Crippen molar-refractivity contribution in [2.45, 2.75) is 32.2 Å². The molecule has 0 aliphatic rings. The zero-order valence-corrected chi connectivity index (χ0v) is 9.64. The normalized spacial score (nSPS) is 11.8. The molecule has 1 atom stereocenters. The number of hydrogen-bond acceptors (Lipinski definition) is 4. The summed E-state index contributed by atoms with van der Waals surface area (Å²) in [6.45, 7) is 2.48. The van der Waals surface area contributed by atoms with Gasteiger partial charge in [-0.2, -0.15) is 0 Å². The van der Waals surface area contributed by atoms with Crippen LogP contribution in [0.25, 0.3) is 0 Å². The zero-order valence-electron chi connectivity index (χ0n) is 9.64. The summed E-state index contributed by atoms with van der Waals surface area (Å²) in [5.74, 6) is -2.80. The molecule has 0 aromatic rings. The Kier molecular flexibility index (Phi) is 7.70. The minimum Gasteiger partial charge on any atom is -0.481 e. The third-order valence-corrected chi connectivity index (χ3v) is 1.96. The molecule has 0 rings (SSSR count). The number of carboxylic acids is 2. The highest BCUT2D eigenvalue weighted by atomic mass is 16.5. The van der Waals surface area contributed by atoms with E-state index in [1.54, 1.807) is 6.92 Å². The highest BCUT2D eigenvalue weighted by molar-refractivity contribution is 5.83. The van der Waals surface area contributed by atoms with E-state index >= 15 is 0 Å². The summed E-state index contributed by atoms with van der Waals surface area (Å²) in [5, 5.41) is 19.4. The molecule has 7 heteroatoms. The van der Waals surface area contributed by atoms with Gasteiger partial charge in [-0.1, -0.05) is 0 Å². The summed E-state index contributed by atoms with van der Waals surface area (Å²) in [7, 11) is 0. The summed E-state index contributed by atoms with van der Waals surface area (Å²) in [6, 6.07) is -1.17. The number of ether oxygens (including phenoxy) is 1. The Labute approximate surface area is 98.8 Å². The molecule has 7 nitrogen and oxygen atoms in total. The van der Waals surface area contributed by atoms with E-state index in [9.17, 15) is 14.4 Å². The molecule has 0 fully saturated rings. The number of carbonyl (C=O) groups excluding carboxylic acids is 1. The fourth-order valence-electron chi connectivity index (χ4n) is 1.10. The van der Waals surface area contributed by atoms with Gasteiger partial charge in [0.25, 0.3) is 0 Å². The van der Waals surface area contributed by atoms with Crippen molar-refractivity contribution >= 4 is 17.8 Å². The van der Waals surface area contributed by atoms with Gasteiger partial charge in [-0.15, -0.1) is 0 Å². The lowest BCUT2D eigenvalue weighted by Crippen LogP contribution is -2.41. The lowest BCUT2D eigenvalue weighted by atomic mass is 10.1. The van der Waals surface area contributed by atoms with Crippen molar-refractivity contribution < 1.29 is 29.3 Å². The highest BCUT2D eigenvalue weighted by Gasteiger charge is 2.20. The van der Waals surface area contributed by atoms with Crippen LogP contribution >= 0.6 is 0 Å². The van der Waals surface area contributed by atoms with Crippen molar-refractivity contribution in [3.8, 4) is 0 Å². The van der Waals surface area contributed by atoms with Gasteiger partial charge in [0.05, 0.1) is 6.61 Å². The van der Waals surface area contributed by atoms with Gasteiger partial charge in [0.2, 0.25) is 5.91 Å². The molecular formula is C10H17NO6. The fraction of sp³-hybridized carbons (Fsp3) is 0.700. The van der Waals surface area contributed by atoms with Gasteiger partial charge in [0, 0.05) is 19.4 Å². The molecule has 0 heterocycles. The predicted molar refractivity (Wildman–Crippen MR) is 57.5 cm³/mol. The Bertz CT molecular complexity index is 278. The molecular weight excluding hydrogens is 230 g/mol. The monoisotopic (exact) mass is 247 g/mol. The minimum absolute atomic E-state index is 0.0602. The van der Waals surface area contributed by atoms with Crippen LogP contribution < -0.4 is 5.32 Å². The third-order valence-electron chi connectivity index (χ3n) is 1.96. The largest absolute Gasteiger partial charge is 0.481 e. The lowest BCUT2D eigenvalue weighted by molar-refractivity contribution is -0.143. The molecule has 3 N–H and O–H groups in total. The van der Waals surface area contributed by atoms with Gasteiger partial charge in [0.15, 0.2) is 0 Å². The predicted octanol–water partition coefficient (Wildman–Crippen LogP) is -0.153. The van der Waals surface area contributed by atoms with Gasteiger partial charge in [-0.25, -0.2) is 4.79 Å². The van der Waals surface area contributed by atoms with E-state index in [1.165, 1.54) is 0 Å². The summed E-state index contributed by atoms with van der Waals surface area (Å²) in [6.07, 6.45) is -0.377. The number of carbonyl (C=O) groups is 3. The first-order valence-corrected chi connectivity index (χ1v) is 5.29. The molecule has 0 saturated heterocycles. The van der Waals surface area contributed by atoms with Crippen LogP contribution in [-0.4, -0.2) is 47.3 Å². The number of nitrogens with one attached hydrogen (secondary N) is 1. The molecule has 17 heavy (non-hydrogen) atoms. The van der Waals surface area contributed by atoms with Crippen LogP contribution in [0, 0.1) is 0 Å². The maximum Gasteiger partial charge on any atom is 0.326 e. The fourth-order valence-corrected chi connectivity index (χ4v) is 1.10. The Balaban J connectivity index is 4.02. The van der Waals surface area contributed by atoms with Crippen molar-refractivity contribution in [2.75, 3.05) is 13.2 Å². The van der Waals surface area contributed by atoms with Crippen molar-refractivity contribution in [1.82, 2.24) is 5.32 Å². The molecule has 0 unspecified atom stereocenters. The maximum atomic E-state index is 11.3.